The first-order valence-electron chi connectivity index (χ1n) is 14.3. The number of carbonyl (C=O) groups is 1. The molecule has 5 saturated carbocycles. The van der Waals surface area contributed by atoms with Crippen LogP contribution in [-0.4, -0.2) is 12.6 Å². The van der Waals surface area contributed by atoms with Crippen LogP contribution in [0.3, 0.4) is 0 Å². The second kappa shape index (κ2) is 7.60. The lowest BCUT2D eigenvalue weighted by atomic mass is 9.42. The molecule has 1 unspecified atom stereocenters. The van der Waals surface area contributed by atoms with Crippen molar-refractivity contribution in [3.05, 3.63) is 12.2 Å². The van der Waals surface area contributed by atoms with Crippen molar-refractivity contribution in [2.75, 3.05) is 0 Å². The number of fused-ring (bicyclic) bond motifs is 2. The molecule has 0 aromatic carbocycles. The third-order valence-electron chi connectivity index (χ3n) is 13.0. The average molecular weight is 455 g/mol. The monoisotopic (exact) mass is 454 g/mol. The largest absolute Gasteiger partial charge is 0.464 e. The molecule has 0 N–H and O–H groups in total. The molecule has 0 bridgehead atoms. The third-order valence-corrected chi connectivity index (χ3v) is 13.0. The summed E-state index contributed by atoms with van der Waals surface area (Å²) in [5, 5.41) is 0. The van der Waals surface area contributed by atoms with E-state index in [1.54, 1.807) is 5.57 Å². The molecule has 0 heterocycles. The number of hydrogen-bond donors (Lipinski definition) is 0. The van der Waals surface area contributed by atoms with E-state index >= 15 is 0 Å². The van der Waals surface area contributed by atoms with Gasteiger partial charge in [0, 0.05) is 5.41 Å². The Bertz CT molecular complexity index is 812. The zero-order valence-electron chi connectivity index (χ0n) is 22.5. The molecule has 0 radical (unpaired) electrons. The zero-order chi connectivity index (χ0) is 23.9. The second-order valence-corrected chi connectivity index (χ2v) is 14.6. The van der Waals surface area contributed by atoms with Gasteiger partial charge in [0.05, 0.1) is 0 Å². The predicted molar refractivity (Wildman–Crippen MR) is 136 cm³/mol. The van der Waals surface area contributed by atoms with E-state index in [9.17, 15) is 4.79 Å². The molecule has 8 atom stereocenters. The van der Waals surface area contributed by atoms with Gasteiger partial charge < -0.3 is 4.74 Å². The Labute approximate surface area is 203 Å². The molecule has 0 aromatic rings. The van der Waals surface area contributed by atoms with Crippen LogP contribution in [-0.2, 0) is 9.53 Å². The third kappa shape index (κ3) is 3.00. The van der Waals surface area contributed by atoms with E-state index in [1.807, 2.05) is 0 Å². The van der Waals surface area contributed by atoms with Crippen LogP contribution in [0.4, 0.5) is 0 Å². The molecule has 5 fully saturated rings. The van der Waals surface area contributed by atoms with Crippen LogP contribution in [0, 0.1) is 50.7 Å². The summed E-state index contributed by atoms with van der Waals surface area (Å²) in [7, 11) is 0. The first kappa shape index (κ1) is 23.9. The van der Waals surface area contributed by atoms with Crippen LogP contribution < -0.4 is 0 Å². The molecule has 2 heteroatoms. The summed E-state index contributed by atoms with van der Waals surface area (Å²) < 4.78 is 5.65. The Morgan fingerprint density at radius 3 is 2.33 bits per heavy atom. The van der Waals surface area contributed by atoms with Crippen molar-refractivity contribution in [2.24, 2.45) is 50.7 Å². The highest BCUT2D eigenvalue weighted by Crippen LogP contribution is 2.89. The van der Waals surface area contributed by atoms with E-state index in [0.29, 0.717) is 28.1 Å². The number of ether oxygens (including phenoxy) is 1. The van der Waals surface area contributed by atoms with E-state index in [-0.39, 0.29) is 11.5 Å². The van der Waals surface area contributed by atoms with Crippen LogP contribution in [0.25, 0.3) is 0 Å². The first-order chi connectivity index (χ1) is 15.5. The van der Waals surface area contributed by atoms with Gasteiger partial charge in [-0.05, 0) is 116 Å². The molecule has 2 nitrogen and oxygen atoms in total. The smallest absolute Gasteiger partial charge is 0.293 e. The van der Waals surface area contributed by atoms with Crippen LogP contribution in [0.5, 0.6) is 0 Å². The molecule has 186 valence electrons. The highest BCUT2D eigenvalue weighted by atomic mass is 16.5. The zero-order valence-corrected chi connectivity index (χ0v) is 22.5. The standard InChI is InChI=1S/C31H50O2/c1-21(2)9-8-10-22(3)23-13-15-29(7)25-12-11-24-27(4,5)26(33-20-32)14-16-30(24)19-31(25,30)18-17-28(23,29)6/h20-21,23-26H,3,8-19H2,1-2,4-7H3/t23-,24+,25?,26+,28-,29+,30-,31+/m1/s1. The molecule has 2 spiro atoms. The van der Waals surface area contributed by atoms with Crippen LogP contribution in [0.15, 0.2) is 12.2 Å². The fourth-order valence-corrected chi connectivity index (χ4v) is 11.2. The van der Waals surface area contributed by atoms with E-state index in [2.05, 4.69) is 41.5 Å². The summed E-state index contributed by atoms with van der Waals surface area (Å²) >= 11 is 0. The van der Waals surface area contributed by atoms with E-state index < -0.39 is 0 Å². The number of hydrogen-bond acceptors (Lipinski definition) is 2. The van der Waals surface area contributed by atoms with Gasteiger partial charge in [-0.2, -0.15) is 0 Å². The minimum atomic E-state index is 0.106. The highest BCUT2D eigenvalue weighted by Gasteiger charge is 2.82. The Morgan fingerprint density at radius 2 is 1.64 bits per heavy atom. The molecule has 0 amide bonds. The summed E-state index contributed by atoms with van der Waals surface area (Å²) in [6.45, 7) is 20.3. The molecule has 5 aliphatic carbocycles. The Kier molecular flexibility index (Phi) is 5.51. The molecule has 33 heavy (non-hydrogen) atoms. The van der Waals surface area contributed by atoms with Crippen LogP contribution in [0.1, 0.15) is 119 Å². The van der Waals surface area contributed by atoms with Gasteiger partial charge in [-0.15, -0.1) is 0 Å². The molecule has 0 aliphatic heterocycles. The second-order valence-electron chi connectivity index (χ2n) is 14.6. The normalized spacial score (nSPS) is 49.4. The maximum Gasteiger partial charge on any atom is 0.293 e. The molecule has 0 saturated heterocycles. The van der Waals surface area contributed by atoms with Crippen molar-refractivity contribution in [3.63, 3.8) is 0 Å². The predicted octanol–water partition coefficient (Wildman–Crippen LogP) is 8.35. The Hall–Kier alpha value is -0.790. The van der Waals surface area contributed by atoms with Crippen molar-refractivity contribution in [1.82, 2.24) is 0 Å². The molecule has 5 rings (SSSR count). The van der Waals surface area contributed by atoms with Crippen molar-refractivity contribution >= 4 is 6.47 Å². The van der Waals surface area contributed by atoms with Gasteiger partial charge >= 0.3 is 0 Å². The fourth-order valence-electron chi connectivity index (χ4n) is 11.2. The molecular weight excluding hydrogens is 404 g/mol. The fraction of sp³-hybridized carbons (Fsp3) is 0.903. The van der Waals surface area contributed by atoms with Gasteiger partial charge in [0.2, 0.25) is 0 Å². The molecule has 0 aromatic heterocycles. The number of allylic oxidation sites excluding steroid dienone is 1. The summed E-state index contributed by atoms with van der Waals surface area (Å²) in [5.41, 5.74) is 3.68. The molecule has 5 aliphatic rings. The lowest BCUT2D eigenvalue weighted by molar-refractivity contribution is -0.172. The Morgan fingerprint density at radius 1 is 0.939 bits per heavy atom. The summed E-state index contributed by atoms with van der Waals surface area (Å²) in [4.78, 5) is 11.2. The SMILES string of the molecule is C=C(CCCC(C)C)[C@H]1CC[C@@]2(C)C3CC[C@H]4C(C)(C)[C@@H](OC=O)CC[C@@]45C[C@@]35CC[C@]12C. The van der Waals surface area contributed by atoms with Crippen molar-refractivity contribution < 1.29 is 9.53 Å². The van der Waals surface area contributed by atoms with Crippen LogP contribution in [0.2, 0.25) is 0 Å². The quantitative estimate of drug-likeness (QED) is 0.285. The summed E-state index contributed by atoms with van der Waals surface area (Å²) in [6.07, 6.45) is 16.2. The average Bonchev–Trinajstić information content (AvgIpc) is 3.32. The minimum Gasteiger partial charge on any atom is -0.464 e. The summed E-state index contributed by atoms with van der Waals surface area (Å²) in [5.74, 6) is 3.13. The topological polar surface area (TPSA) is 26.3 Å². The van der Waals surface area contributed by atoms with Gasteiger partial charge in [0.25, 0.3) is 6.47 Å². The summed E-state index contributed by atoms with van der Waals surface area (Å²) in [6, 6.07) is 0. The maximum atomic E-state index is 11.2. The van der Waals surface area contributed by atoms with Crippen molar-refractivity contribution in [1.29, 1.82) is 0 Å². The van der Waals surface area contributed by atoms with Gasteiger partial charge in [-0.25, -0.2) is 0 Å². The van der Waals surface area contributed by atoms with Crippen LogP contribution >= 0.6 is 0 Å². The molecular formula is C31H50O2. The van der Waals surface area contributed by atoms with E-state index in [4.69, 9.17) is 11.3 Å². The van der Waals surface area contributed by atoms with Gasteiger partial charge in [-0.1, -0.05) is 60.1 Å². The van der Waals surface area contributed by atoms with Gasteiger partial charge in [0.1, 0.15) is 6.10 Å². The van der Waals surface area contributed by atoms with E-state index in [0.717, 1.165) is 30.1 Å². The number of carbonyl (C=O) groups excluding carboxylic acids is 1. The first-order valence-corrected chi connectivity index (χ1v) is 14.3. The Balaban J connectivity index is 1.38. The van der Waals surface area contributed by atoms with E-state index in [1.165, 1.54) is 70.6 Å². The highest BCUT2D eigenvalue weighted by molar-refractivity contribution is 5.38. The van der Waals surface area contributed by atoms with Crippen molar-refractivity contribution in [3.8, 4) is 0 Å². The van der Waals surface area contributed by atoms with Gasteiger partial charge in [-0.3, -0.25) is 4.79 Å². The lowest BCUT2D eigenvalue weighted by Crippen LogP contribution is -2.57. The van der Waals surface area contributed by atoms with Gasteiger partial charge in [0.15, 0.2) is 0 Å². The minimum absolute atomic E-state index is 0.106. The maximum absolute atomic E-state index is 11.2. The number of rotatable bonds is 7. The lowest BCUT2D eigenvalue weighted by Gasteiger charge is -2.63. The van der Waals surface area contributed by atoms with Crippen molar-refractivity contribution in [2.45, 2.75) is 125 Å².